The van der Waals surface area contributed by atoms with Crippen LogP contribution in [-0.2, 0) is 22.6 Å². The van der Waals surface area contributed by atoms with Crippen molar-refractivity contribution in [3.8, 4) is 16.9 Å². The van der Waals surface area contributed by atoms with E-state index in [4.69, 9.17) is 38.8 Å². The van der Waals surface area contributed by atoms with Gasteiger partial charge in [-0.05, 0) is 95.3 Å². The molecule has 4 amide bonds. The summed E-state index contributed by atoms with van der Waals surface area (Å²) in [6.07, 6.45) is 18.6. The predicted octanol–water partition coefficient (Wildman–Crippen LogP) is 8.22. The first kappa shape index (κ1) is 47.6. The summed E-state index contributed by atoms with van der Waals surface area (Å²) in [7, 11) is 0. The molecule has 0 bridgehead atoms. The third-order valence-corrected chi connectivity index (χ3v) is 13.5. The van der Waals surface area contributed by atoms with Crippen molar-refractivity contribution in [2.75, 3.05) is 37.2 Å². The average molecular weight is 957 g/mol. The molecule has 3 aliphatic heterocycles. The monoisotopic (exact) mass is 955 g/mol. The van der Waals surface area contributed by atoms with Gasteiger partial charge in [0.15, 0.2) is 11.6 Å². The Morgan fingerprint density at radius 2 is 1.75 bits per heavy atom. The van der Waals surface area contributed by atoms with Gasteiger partial charge in [0.1, 0.15) is 18.0 Å². The molecule has 2 unspecified atom stereocenters. The van der Waals surface area contributed by atoms with Crippen molar-refractivity contribution < 1.29 is 28.3 Å². The highest BCUT2D eigenvalue weighted by Crippen LogP contribution is 2.38. The van der Waals surface area contributed by atoms with Gasteiger partial charge in [-0.2, -0.15) is 5.10 Å². The van der Waals surface area contributed by atoms with Crippen LogP contribution in [0.3, 0.4) is 0 Å². The van der Waals surface area contributed by atoms with Gasteiger partial charge in [0, 0.05) is 72.0 Å². The Morgan fingerprint density at radius 3 is 2.57 bits per heavy atom. The average Bonchev–Trinajstić information content (AvgIpc) is 4.06. The van der Waals surface area contributed by atoms with Crippen molar-refractivity contribution in [3.05, 3.63) is 99.4 Å². The van der Waals surface area contributed by atoms with Crippen LogP contribution in [-0.4, -0.2) is 95.4 Å². The molecule has 3 aliphatic rings. The standard InChI is InChI=1S/C48H56Cl2FN11O5/c1-30(42-36(49)16-17-37(51)44(42)50)67-40-24-31(25-54-45(40)52)32-26-55-61(27-32)34-13-11-22-59(29-34)21-10-12-33-28-60(58-57-33)23-8-6-4-2-3-5-7-20-53-38-15-9-14-35-43(38)48(66)62(47(35)65)39-18-19-41(63)56-46(39)64/h9,14-17,24-28,30,34,39,53H,2-8,10-13,18-23,29H2,1H3,(H2,52,54)(H,56,63,64)/t30-,34?,39?/m1/s1. The lowest BCUT2D eigenvalue weighted by Gasteiger charge is -2.32. The minimum absolute atomic E-state index is 0.0872. The maximum atomic E-state index is 14.2. The maximum Gasteiger partial charge on any atom is 0.264 e. The van der Waals surface area contributed by atoms with Crippen molar-refractivity contribution >= 4 is 58.3 Å². The molecule has 5 aromatic rings. The molecule has 2 saturated heterocycles. The zero-order chi connectivity index (χ0) is 47.0. The molecule has 2 aromatic carbocycles. The second kappa shape index (κ2) is 21.8. The summed E-state index contributed by atoms with van der Waals surface area (Å²) in [5, 5.41) is 19.3. The number of amides is 4. The first-order chi connectivity index (χ1) is 32.4. The zero-order valence-electron chi connectivity index (χ0n) is 37.6. The van der Waals surface area contributed by atoms with Crippen LogP contribution in [0.15, 0.2) is 61.2 Å². The highest BCUT2D eigenvalue weighted by Gasteiger charge is 2.45. The Balaban J connectivity index is 0.698. The number of carbonyl (C=O) groups excluding carboxylic acids is 4. The van der Waals surface area contributed by atoms with Crippen LogP contribution in [0.1, 0.15) is 128 Å². The van der Waals surface area contributed by atoms with E-state index < -0.39 is 41.6 Å². The highest BCUT2D eigenvalue weighted by atomic mass is 35.5. The third-order valence-electron chi connectivity index (χ3n) is 12.8. The number of halogens is 3. The van der Waals surface area contributed by atoms with Crippen LogP contribution >= 0.6 is 23.2 Å². The number of carbonyl (C=O) groups is 4. The second-order valence-corrected chi connectivity index (χ2v) is 18.4. The molecule has 16 nitrogen and oxygen atoms in total. The lowest BCUT2D eigenvalue weighted by Crippen LogP contribution is -2.54. The largest absolute Gasteiger partial charge is 0.482 e. The van der Waals surface area contributed by atoms with E-state index in [2.05, 4.69) is 37.0 Å². The normalized spacial score (nSPS) is 18.1. The SMILES string of the molecule is C[C@@H](Oc1cc(-c2cnn(C3CCCN(CCCc4cn(CCCCCCCCCNc5cccc6c5C(=O)N(C5CCC(=O)NC5=O)C6=O)nn4)C3)c2)cnc1N)c1c(Cl)ccc(F)c1Cl. The summed E-state index contributed by atoms with van der Waals surface area (Å²) in [5.74, 6) is -2.06. The zero-order valence-corrected chi connectivity index (χ0v) is 39.1. The van der Waals surface area contributed by atoms with Gasteiger partial charge >= 0.3 is 0 Å². The smallest absolute Gasteiger partial charge is 0.264 e. The van der Waals surface area contributed by atoms with Crippen LogP contribution in [0.25, 0.3) is 11.1 Å². The van der Waals surface area contributed by atoms with Gasteiger partial charge in [-0.1, -0.05) is 66.6 Å². The molecular weight excluding hydrogens is 901 g/mol. The first-order valence-electron chi connectivity index (χ1n) is 23.2. The fourth-order valence-electron chi connectivity index (χ4n) is 9.22. The maximum absolute atomic E-state index is 14.2. The number of benzene rings is 2. The van der Waals surface area contributed by atoms with Crippen molar-refractivity contribution in [3.63, 3.8) is 0 Å². The van der Waals surface area contributed by atoms with E-state index in [-0.39, 0.29) is 35.3 Å². The molecule has 0 spiro atoms. The third kappa shape index (κ3) is 11.3. The van der Waals surface area contributed by atoms with E-state index in [1.165, 1.54) is 12.1 Å². The number of anilines is 2. The molecule has 0 radical (unpaired) electrons. The summed E-state index contributed by atoms with van der Waals surface area (Å²) in [6, 6.07) is 8.85. The summed E-state index contributed by atoms with van der Waals surface area (Å²) in [5.41, 5.74) is 10.4. The second-order valence-electron chi connectivity index (χ2n) is 17.6. The number of pyridine rings is 1. The molecule has 354 valence electrons. The summed E-state index contributed by atoms with van der Waals surface area (Å²) in [6.45, 7) is 6.15. The van der Waals surface area contributed by atoms with E-state index in [1.54, 1.807) is 37.4 Å². The van der Waals surface area contributed by atoms with Crippen molar-refractivity contribution in [1.29, 1.82) is 0 Å². The summed E-state index contributed by atoms with van der Waals surface area (Å²) >= 11 is 12.6. The van der Waals surface area contributed by atoms with Gasteiger partial charge in [0.25, 0.3) is 11.8 Å². The number of nitrogens with zero attached hydrogens (tertiary/aromatic N) is 8. The van der Waals surface area contributed by atoms with Crippen LogP contribution in [0.4, 0.5) is 15.9 Å². The number of piperidine rings is 2. The molecule has 0 saturated carbocycles. The van der Waals surface area contributed by atoms with Gasteiger partial charge in [-0.25, -0.2) is 9.37 Å². The topological polar surface area (TPSA) is 195 Å². The lowest BCUT2D eigenvalue weighted by molar-refractivity contribution is -0.136. The Kier molecular flexibility index (Phi) is 15.5. The number of aromatic nitrogens is 6. The van der Waals surface area contributed by atoms with Crippen molar-refractivity contribution in [2.45, 2.75) is 115 Å². The fraction of sp³-hybridized carbons (Fsp3) is 0.458. The van der Waals surface area contributed by atoms with Crippen LogP contribution in [0, 0.1) is 5.82 Å². The van der Waals surface area contributed by atoms with E-state index in [9.17, 15) is 23.6 Å². The highest BCUT2D eigenvalue weighted by molar-refractivity contribution is 6.36. The number of fused-ring (bicyclic) bond motifs is 1. The van der Waals surface area contributed by atoms with E-state index in [0.29, 0.717) is 34.1 Å². The predicted molar refractivity (Wildman–Crippen MR) is 252 cm³/mol. The number of imide groups is 2. The number of likely N-dealkylation sites (tertiary alicyclic amines) is 1. The van der Waals surface area contributed by atoms with Crippen LogP contribution in [0.5, 0.6) is 5.75 Å². The van der Waals surface area contributed by atoms with Gasteiger partial charge in [0.2, 0.25) is 11.8 Å². The quantitative estimate of drug-likeness (QED) is 0.0363. The molecule has 4 N–H and O–H groups in total. The Labute approximate surface area is 398 Å². The molecule has 8 rings (SSSR count). The van der Waals surface area contributed by atoms with Crippen molar-refractivity contribution in [2.24, 2.45) is 0 Å². The minimum Gasteiger partial charge on any atom is -0.482 e. The number of nitrogens with one attached hydrogen (secondary N) is 2. The van der Waals surface area contributed by atoms with Gasteiger partial charge < -0.3 is 20.7 Å². The van der Waals surface area contributed by atoms with Crippen LogP contribution in [0.2, 0.25) is 10.0 Å². The molecular formula is C48H56Cl2FN11O5. The van der Waals surface area contributed by atoms with Gasteiger partial charge in [-0.15, -0.1) is 5.10 Å². The number of hydrogen-bond acceptors (Lipinski definition) is 12. The number of hydrogen-bond donors (Lipinski definition) is 3. The first-order valence-corrected chi connectivity index (χ1v) is 24.0. The number of aryl methyl sites for hydroxylation is 2. The fourth-order valence-corrected chi connectivity index (χ4v) is 9.90. The number of nitrogen functional groups attached to an aromatic ring is 1. The Bertz CT molecular complexity index is 2600. The lowest BCUT2D eigenvalue weighted by atomic mass is 10.0. The minimum atomic E-state index is -0.980. The van der Waals surface area contributed by atoms with Crippen molar-refractivity contribution in [1.82, 2.24) is 44.9 Å². The molecule has 3 atom stereocenters. The van der Waals surface area contributed by atoms with Gasteiger partial charge in [0.05, 0.1) is 34.1 Å². The summed E-state index contributed by atoms with van der Waals surface area (Å²) in [4.78, 5) is 58.3. The molecule has 67 heavy (non-hydrogen) atoms. The molecule has 19 heteroatoms. The number of ether oxygens (including phenoxy) is 1. The Hall–Kier alpha value is -5.91. The number of rotatable bonds is 21. The molecule has 6 heterocycles. The molecule has 0 aliphatic carbocycles. The number of nitrogens with two attached hydrogens (primary N) is 1. The van der Waals surface area contributed by atoms with Gasteiger partial charge in [-0.3, -0.25) is 38.8 Å². The molecule has 3 aromatic heterocycles. The molecule has 2 fully saturated rings. The number of unbranched alkanes of at least 4 members (excludes halogenated alkanes) is 6. The Morgan fingerprint density at radius 1 is 0.940 bits per heavy atom. The van der Waals surface area contributed by atoms with Crippen LogP contribution < -0.4 is 21.1 Å². The van der Waals surface area contributed by atoms with E-state index in [0.717, 1.165) is 119 Å². The van der Waals surface area contributed by atoms with E-state index in [1.807, 2.05) is 21.8 Å². The summed E-state index contributed by atoms with van der Waals surface area (Å²) < 4.78 is 24.3. The van der Waals surface area contributed by atoms with E-state index >= 15 is 0 Å².